The van der Waals surface area contributed by atoms with Crippen molar-refractivity contribution >= 4 is 5.97 Å². The Bertz CT molecular complexity index is 234. The second-order valence-electron chi connectivity index (χ2n) is 4.12. The average molecular weight is 254 g/mol. The second kappa shape index (κ2) is 13.8. The Morgan fingerprint density at radius 1 is 1.11 bits per heavy atom. The van der Waals surface area contributed by atoms with Gasteiger partial charge in [0.05, 0.1) is 25.6 Å². The SMILES string of the molecule is C=CCCCCCCCCO/C=C/C(=O)OCC. The van der Waals surface area contributed by atoms with Crippen molar-refractivity contribution in [1.82, 2.24) is 0 Å². The van der Waals surface area contributed by atoms with Gasteiger partial charge in [0.25, 0.3) is 0 Å². The first-order valence-electron chi connectivity index (χ1n) is 6.87. The molecule has 0 unspecified atom stereocenters. The fourth-order valence-corrected chi connectivity index (χ4v) is 1.54. The van der Waals surface area contributed by atoms with Crippen LogP contribution in [0.5, 0.6) is 0 Å². The number of unbranched alkanes of at least 4 members (excludes halogenated alkanes) is 6. The Morgan fingerprint density at radius 3 is 2.44 bits per heavy atom. The highest BCUT2D eigenvalue weighted by atomic mass is 16.5. The predicted octanol–water partition coefficient (Wildman–Crippen LogP) is 4.00. The minimum absolute atomic E-state index is 0.347. The van der Waals surface area contributed by atoms with Crippen molar-refractivity contribution in [2.24, 2.45) is 0 Å². The summed E-state index contributed by atoms with van der Waals surface area (Å²) in [7, 11) is 0. The molecular weight excluding hydrogens is 228 g/mol. The van der Waals surface area contributed by atoms with Gasteiger partial charge in [0.15, 0.2) is 0 Å². The van der Waals surface area contributed by atoms with E-state index in [0.29, 0.717) is 13.2 Å². The first kappa shape index (κ1) is 16.8. The predicted molar refractivity (Wildman–Crippen MR) is 74.2 cm³/mol. The maximum absolute atomic E-state index is 10.9. The van der Waals surface area contributed by atoms with Crippen molar-refractivity contribution in [2.45, 2.75) is 51.9 Å². The van der Waals surface area contributed by atoms with Gasteiger partial charge in [-0.15, -0.1) is 6.58 Å². The molecule has 0 aromatic heterocycles. The molecule has 0 saturated carbocycles. The quantitative estimate of drug-likeness (QED) is 0.174. The Morgan fingerprint density at radius 2 is 1.78 bits per heavy atom. The van der Waals surface area contributed by atoms with Crippen LogP contribution in [0.1, 0.15) is 51.9 Å². The van der Waals surface area contributed by atoms with Gasteiger partial charge in [0.1, 0.15) is 0 Å². The number of carbonyl (C=O) groups is 1. The molecule has 0 saturated heterocycles. The van der Waals surface area contributed by atoms with Crippen molar-refractivity contribution in [3.05, 3.63) is 25.0 Å². The third-order valence-corrected chi connectivity index (χ3v) is 2.51. The first-order valence-corrected chi connectivity index (χ1v) is 6.87. The summed E-state index contributed by atoms with van der Waals surface area (Å²) in [5.74, 6) is -0.347. The summed E-state index contributed by atoms with van der Waals surface area (Å²) in [6.07, 6.45) is 13.1. The van der Waals surface area contributed by atoms with E-state index in [2.05, 4.69) is 6.58 Å². The number of ether oxygens (including phenoxy) is 2. The lowest BCUT2D eigenvalue weighted by Gasteiger charge is -2.01. The number of carbonyl (C=O) groups excluding carboxylic acids is 1. The van der Waals surface area contributed by atoms with Gasteiger partial charge in [-0.1, -0.05) is 31.8 Å². The molecule has 0 spiro atoms. The highest BCUT2D eigenvalue weighted by Crippen LogP contribution is 2.07. The second-order valence-corrected chi connectivity index (χ2v) is 4.12. The zero-order valence-electron chi connectivity index (χ0n) is 11.5. The van der Waals surface area contributed by atoms with Crippen LogP contribution >= 0.6 is 0 Å². The van der Waals surface area contributed by atoms with Crippen LogP contribution in [0.25, 0.3) is 0 Å². The molecular formula is C15H26O3. The molecule has 0 heterocycles. The third kappa shape index (κ3) is 12.8. The molecule has 3 heteroatoms. The molecule has 0 rings (SSSR count). The van der Waals surface area contributed by atoms with Gasteiger partial charge in [-0.3, -0.25) is 0 Å². The van der Waals surface area contributed by atoms with Crippen molar-refractivity contribution in [3.8, 4) is 0 Å². The maximum atomic E-state index is 10.9. The van der Waals surface area contributed by atoms with Crippen LogP contribution in [-0.2, 0) is 14.3 Å². The Labute approximate surface area is 111 Å². The average Bonchev–Trinajstić information content (AvgIpc) is 2.36. The zero-order chi connectivity index (χ0) is 13.5. The van der Waals surface area contributed by atoms with E-state index in [-0.39, 0.29) is 5.97 Å². The molecule has 3 nitrogen and oxygen atoms in total. The maximum Gasteiger partial charge on any atom is 0.333 e. The van der Waals surface area contributed by atoms with Crippen LogP contribution in [0.15, 0.2) is 25.0 Å². The van der Waals surface area contributed by atoms with E-state index in [0.717, 1.165) is 12.8 Å². The minimum Gasteiger partial charge on any atom is -0.501 e. The summed E-state index contributed by atoms with van der Waals surface area (Å²) in [6.45, 7) is 6.55. The van der Waals surface area contributed by atoms with Crippen LogP contribution in [0.2, 0.25) is 0 Å². The fraction of sp³-hybridized carbons (Fsp3) is 0.667. The lowest BCUT2D eigenvalue weighted by atomic mass is 10.1. The number of rotatable bonds is 12. The number of hydrogen-bond acceptors (Lipinski definition) is 3. The summed E-state index contributed by atoms with van der Waals surface area (Å²) >= 11 is 0. The smallest absolute Gasteiger partial charge is 0.333 e. The molecule has 0 amide bonds. The number of allylic oxidation sites excluding steroid dienone is 1. The van der Waals surface area contributed by atoms with E-state index in [9.17, 15) is 4.79 Å². The summed E-state index contributed by atoms with van der Waals surface area (Å²) in [5, 5.41) is 0. The van der Waals surface area contributed by atoms with Gasteiger partial charge in [0, 0.05) is 0 Å². The minimum atomic E-state index is -0.347. The summed E-state index contributed by atoms with van der Waals surface area (Å²) in [4.78, 5) is 10.9. The van der Waals surface area contributed by atoms with Crippen LogP contribution < -0.4 is 0 Å². The molecule has 0 aliphatic heterocycles. The lowest BCUT2D eigenvalue weighted by molar-refractivity contribution is -0.137. The molecule has 0 bridgehead atoms. The largest absolute Gasteiger partial charge is 0.501 e. The molecule has 0 atom stereocenters. The monoisotopic (exact) mass is 254 g/mol. The van der Waals surface area contributed by atoms with Crippen molar-refractivity contribution < 1.29 is 14.3 Å². The number of hydrogen-bond donors (Lipinski definition) is 0. The standard InChI is InChI=1S/C15H26O3/c1-3-5-6-7-8-9-10-11-13-17-14-12-15(16)18-4-2/h3,12,14H,1,4-11,13H2,2H3/b14-12+. The van der Waals surface area contributed by atoms with E-state index in [1.807, 2.05) is 6.08 Å². The van der Waals surface area contributed by atoms with Gasteiger partial charge < -0.3 is 9.47 Å². The third-order valence-electron chi connectivity index (χ3n) is 2.51. The molecule has 0 N–H and O–H groups in total. The number of esters is 1. The van der Waals surface area contributed by atoms with Gasteiger partial charge in [-0.05, 0) is 26.2 Å². The van der Waals surface area contributed by atoms with E-state index >= 15 is 0 Å². The molecule has 18 heavy (non-hydrogen) atoms. The molecule has 0 aromatic rings. The van der Waals surface area contributed by atoms with Crippen LogP contribution in [-0.4, -0.2) is 19.2 Å². The Kier molecular flexibility index (Phi) is 12.9. The Balaban J connectivity index is 3.16. The van der Waals surface area contributed by atoms with E-state index in [1.165, 1.54) is 44.4 Å². The van der Waals surface area contributed by atoms with E-state index in [1.54, 1.807) is 6.92 Å². The van der Waals surface area contributed by atoms with Gasteiger partial charge >= 0.3 is 5.97 Å². The summed E-state index contributed by atoms with van der Waals surface area (Å²) in [5.41, 5.74) is 0. The zero-order valence-corrected chi connectivity index (χ0v) is 11.5. The van der Waals surface area contributed by atoms with Gasteiger partial charge in [-0.25, -0.2) is 4.79 Å². The van der Waals surface area contributed by atoms with Crippen LogP contribution in [0, 0.1) is 0 Å². The van der Waals surface area contributed by atoms with Gasteiger partial charge in [0.2, 0.25) is 0 Å². The van der Waals surface area contributed by atoms with Crippen molar-refractivity contribution in [2.75, 3.05) is 13.2 Å². The molecule has 104 valence electrons. The van der Waals surface area contributed by atoms with Crippen LogP contribution in [0.4, 0.5) is 0 Å². The summed E-state index contributed by atoms with van der Waals surface area (Å²) in [6, 6.07) is 0. The Hall–Kier alpha value is -1.25. The van der Waals surface area contributed by atoms with E-state index in [4.69, 9.17) is 9.47 Å². The van der Waals surface area contributed by atoms with Gasteiger partial charge in [-0.2, -0.15) is 0 Å². The molecule has 0 aliphatic carbocycles. The highest BCUT2D eigenvalue weighted by molar-refractivity contribution is 5.81. The molecule has 0 aliphatic rings. The fourth-order valence-electron chi connectivity index (χ4n) is 1.54. The molecule has 0 radical (unpaired) electrons. The lowest BCUT2D eigenvalue weighted by Crippen LogP contribution is -1.99. The highest BCUT2D eigenvalue weighted by Gasteiger charge is 1.93. The first-order chi connectivity index (χ1) is 8.81. The summed E-state index contributed by atoms with van der Waals surface area (Å²) < 4.78 is 9.92. The molecule has 0 aromatic carbocycles. The topological polar surface area (TPSA) is 35.5 Å². The molecule has 0 fully saturated rings. The van der Waals surface area contributed by atoms with E-state index < -0.39 is 0 Å². The normalized spacial score (nSPS) is 10.5. The van der Waals surface area contributed by atoms with Crippen LogP contribution in [0.3, 0.4) is 0 Å². The van der Waals surface area contributed by atoms with Crippen molar-refractivity contribution in [3.63, 3.8) is 0 Å². The van der Waals surface area contributed by atoms with Crippen molar-refractivity contribution in [1.29, 1.82) is 0 Å².